The fourth-order valence-corrected chi connectivity index (χ4v) is 8.43. The monoisotopic (exact) mass is 744 g/mol. The van der Waals surface area contributed by atoms with Crippen LogP contribution in [0.2, 0.25) is 5.02 Å². The maximum atomic E-state index is 13.3. The summed E-state index contributed by atoms with van der Waals surface area (Å²) in [6.07, 6.45) is 3.44. The van der Waals surface area contributed by atoms with E-state index in [9.17, 15) is 14.4 Å². The van der Waals surface area contributed by atoms with E-state index < -0.39 is 6.09 Å². The lowest BCUT2D eigenvalue weighted by molar-refractivity contribution is -0.943. The molecule has 3 aromatic carbocycles. The quantitative estimate of drug-likeness (QED) is 0.0588. The van der Waals surface area contributed by atoms with Gasteiger partial charge in [0, 0.05) is 24.5 Å². The first kappa shape index (κ1) is 31.8. The molecule has 0 spiro atoms. The van der Waals surface area contributed by atoms with E-state index in [-0.39, 0.29) is 39.2 Å². The van der Waals surface area contributed by atoms with Gasteiger partial charge in [0.25, 0.3) is 0 Å². The molecule has 236 valence electrons. The van der Waals surface area contributed by atoms with Crippen LogP contribution in [0.5, 0.6) is 5.75 Å². The molecule has 3 fully saturated rings. The van der Waals surface area contributed by atoms with E-state index in [2.05, 4.69) is 47.3 Å². The third-order valence-corrected chi connectivity index (χ3v) is 12.0. The van der Waals surface area contributed by atoms with E-state index in [0.717, 1.165) is 34.0 Å². The van der Waals surface area contributed by atoms with Crippen LogP contribution in [0.3, 0.4) is 0 Å². The molecule has 3 saturated heterocycles. The Morgan fingerprint density at radius 3 is 2.60 bits per heavy atom. The van der Waals surface area contributed by atoms with Crippen LogP contribution in [0.15, 0.2) is 60.7 Å². The van der Waals surface area contributed by atoms with Crippen molar-refractivity contribution in [2.24, 2.45) is 0 Å². The highest BCUT2D eigenvalue weighted by atomic mass is 127. The van der Waals surface area contributed by atoms with Gasteiger partial charge in [0.2, 0.25) is 5.91 Å². The lowest BCUT2D eigenvalue weighted by atomic mass is 9.96. The molecule has 2 amide bonds. The number of aldehydes is 1. The number of carbonyl (C=O) groups is 3. The number of benzene rings is 3. The van der Waals surface area contributed by atoms with Crippen molar-refractivity contribution in [3.05, 3.63) is 76.8 Å². The highest BCUT2D eigenvalue weighted by Crippen LogP contribution is 2.61. The number of aryl methyl sites for hydroxylation is 1. The van der Waals surface area contributed by atoms with Crippen LogP contribution >= 0.6 is 34.2 Å². The number of carbonyl (C=O) groups excluding carboxylic acids is 3. The zero-order valence-electron chi connectivity index (χ0n) is 25.3. The molecule has 45 heavy (non-hydrogen) atoms. The van der Waals surface area contributed by atoms with E-state index >= 15 is 0 Å². The highest BCUT2D eigenvalue weighted by Gasteiger charge is 2.78. The number of ether oxygens (including phenoxy) is 3. The second kappa shape index (κ2) is 12.5. The number of hydrogen-bond donors (Lipinski definition) is 2. The second-order valence-electron chi connectivity index (χ2n) is 12.4. The van der Waals surface area contributed by atoms with Gasteiger partial charge in [-0.15, -0.1) is 0 Å². The van der Waals surface area contributed by atoms with Gasteiger partial charge in [-0.25, -0.2) is 4.79 Å². The Bertz CT molecular complexity index is 1640. The molecule has 0 aromatic heterocycles. The topological polar surface area (TPSA) is 106 Å². The minimum Gasteiger partial charge on any atom is -0.496 e. The predicted octanol–water partition coefficient (Wildman–Crippen LogP) is 6.86. The number of epoxide rings is 1. The number of rotatable bonds is 10. The summed E-state index contributed by atoms with van der Waals surface area (Å²) in [5, 5.41) is 6.09. The molecule has 3 aromatic rings. The van der Waals surface area contributed by atoms with Crippen molar-refractivity contribution in [3.63, 3.8) is 0 Å². The van der Waals surface area contributed by atoms with E-state index in [1.165, 1.54) is 19.2 Å². The van der Waals surface area contributed by atoms with E-state index in [0.29, 0.717) is 47.9 Å². The molecule has 9 nitrogen and oxygen atoms in total. The van der Waals surface area contributed by atoms with Crippen molar-refractivity contribution in [1.29, 1.82) is 0 Å². The van der Waals surface area contributed by atoms with Crippen LogP contribution in [0, 0.1) is 0 Å². The summed E-state index contributed by atoms with van der Waals surface area (Å²) < 4.78 is 18.0. The standard InChI is InChI=1S/C34H35ClIN3O6/c1-39(2)28-16-23(18-34(39,36)32-31(28)45-32)44-33(42)38-26-14-20(12-13-24(26)21-9-5-4-6-10-21)8-7-11-30(41)37-27-17-29(43-3)22(19-40)15-25(27)35/h4-6,9-10,12-15,17,19,23,28,31-32H,7-8,11,16,18H2,1-3H3,(H-,37,38,40,41,42)/p+1/t23-,28-,31-,32+,34-/m0/s1. The van der Waals surface area contributed by atoms with Gasteiger partial charge in [-0.1, -0.05) is 54.1 Å². The molecule has 0 unspecified atom stereocenters. The number of quaternary nitrogens is 1. The van der Waals surface area contributed by atoms with Crippen molar-refractivity contribution in [2.75, 3.05) is 31.8 Å². The molecule has 3 aliphatic heterocycles. The van der Waals surface area contributed by atoms with Crippen LogP contribution in [0.4, 0.5) is 16.2 Å². The zero-order chi connectivity index (χ0) is 31.9. The van der Waals surface area contributed by atoms with Crippen LogP contribution < -0.4 is 15.4 Å². The van der Waals surface area contributed by atoms with Crippen molar-refractivity contribution in [1.82, 2.24) is 0 Å². The summed E-state index contributed by atoms with van der Waals surface area (Å²) in [5.74, 6) is 0.125. The molecule has 0 saturated carbocycles. The summed E-state index contributed by atoms with van der Waals surface area (Å²) in [6.45, 7) is 0. The first-order valence-electron chi connectivity index (χ1n) is 15.0. The molecule has 2 N–H and O–H groups in total. The van der Waals surface area contributed by atoms with Crippen LogP contribution in [0.25, 0.3) is 11.1 Å². The van der Waals surface area contributed by atoms with E-state index in [4.69, 9.17) is 25.8 Å². The van der Waals surface area contributed by atoms with E-state index in [1.807, 2.05) is 48.5 Å². The SMILES string of the molecule is COc1cc(NC(=O)CCCc2ccc(-c3ccccc3)c(NC(=O)O[C@H]3C[C@H]4[C@@H]5O[C@H]5[C@](I)(C3)[N+]4(C)C)c2)c(Cl)cc1C=O. The molecule has 3 aliphatic rings. The Kier molecular flexibility index (Phi) is 8.86. The predicted molar refractivity (Wildman–Crippen MR) is 181 cm³/mol. The number of amides is 2. The number of hydrogen-bond acceptors (Lipinski definition) is 6. The minimum absolute atomic E-state index is 0.103. The Morgan fingerprint density at radius 1 is 1.11 bits per heavy atom. The summed E-state index contributed by atoms with van der Waals surface area (Å²) in [5.41, 5.74) is 4.19. The largest absolute Gasteiger partial charge is 0.496 e. The average molecular weight is 745 g/mol. The summed E-state index contributed by atoms with van der Waals surface area (Å²) >= 11 is 8.78. The van der Waals surface area contributed by atoms with Gasteiger partial charge >= 0.3 is 6.09 Å². The van der Waals surface area contributed by atoms with Gasteiger partial charge in [-0.2, -0.15) is 0 Å². The third kappa shape index (κ3) is 6.17. The second-order valence-corrected chi connectivity index (χ2v) is 14.7. The number of alkyl halides is 1. The zero-order valence-corrected chi connectivity index (χ0v) is 28.3. The number of likely N-dealkylation sites (N-methyl/N-ethyl adjacent to an activating group) is 1. The van der Waals surface area contributed by atoms with Crippen molar-refractivity contribution < 1.29 is 33.1 Å². The molecular formula is C34H36ClIN3O6+. The number of anilines is 2. The fraction of sp³-hybridized carbons (Fsp3) is 0.382. The maximum absolute atomic E-state index is 13.3. The highest BCUT2D eigenvalue weighted by molar-refractivity contribution is 14.1. The lowest BCUT2D eigenvalue weighted by Gasteiger charge is -2.50. The van der Waals surface area contributed by atoms with Gasteiger partial charge in [0.15, 0.2) is 15.9 Å². The van der Waals surface area contributed by atoms with Crippen molar-refractivity contribution in [2.45, 2.75) is 60.0 Å². The van der Waals surface area contributed by atoms with Crippen molar-refractivity contribution >= 4 is 63.9 Å². The van der Waals surface area contributed by atoms with Crippen LogP contribution in [0.1, 0.15) is 41.6 Å². The number of methoxy groups -OCH3 is 1. The number of morpholine rings is 1. The number of nitrogens with one attached hydrogen (secondary N) is 2. The molecular weight excluding hydrogens is 709 g/mol. The molecule has 11 heteroatoms. The van der Waals surface area contributed by atoms with Gasteiger partial charge in [-0.3, -0.25) is 14.9 Å². The Balaban J connectivity index is 1.11. The average Bonchev–Trinajstić information content (AvgIpc) is 3.80. The van der Waals surface area contributed by atoms with E-state index in [1.54, 1.807) is 0 Å². The minimum atomic E-state index is -0.470. The van der Waals surface area contributed by atoms with Crippen LogP contribution in [-0.4, -0.2) is 71.9 Å². The Morgan fingerprint density at radius 2 is 1.89 bits per heavy atom. The number of nitrogens with zero attached hydrogens (tertiary/aromatic N) is 1. The Labute approximate surface area is 281 Å². The number of fused-ring (bicyclic) bond motifs is 5. The Hall–Kier alpha value is -3.19. The molecule has 0 aliphatic carbocycles. The molecule has 0 radical (unpaired) electrons. The van der Waals surface area contributed by atoms with Gasteiger partial charge in [0.05, 0.1) is 49.6 Å². The normalized spacial score (nSPS) is 25.5. The maximum Gasteiger partial charge on any atom is 0.411 e. The fourth-order valence-electron chi connectivity index (χ4n) is 6.86. The molecule has 2 bridgehead atoms. The van der Waals surface area contributed by atoms with Gasteiger partial charge in [0.1, 0.15) is 24.0 Å². The van der Waals surface area contributed by atoms with Crippen LogP contribution in [-0.2, 0) is 20.7 Å². The lowest BCUT2D eigenvalue weighted by Crippen LogP contribution is -2.65. The number of piperidine rings is 1. The summed E-state index contributed by atoms with van der Waals surface area (Å²) in [7, 11) is 5.95. The first-order valence-corrected chi connectivity index (χ1v) is 16.5. The summed E-state index contributed by atoms with van der Waals surface area (Å²) in [6, 6.07) is 19.2. The first-order chi connectivity index (χ1) is 21.5. The third-order valence-electron chi connectivity index (χ3n) is 9.42. The van der Waals surface area contributed by atoms with Crippen molar-refractivity contribution in [3.8, 4) is 16.9 Å². The number of halogens is 2. The van der Waals surface area contributed by atoms with Gasteiger partial charge in [-0.05, 0) is 58.7 Å². The van der Waals surface area contributed by atoms with Gasteiger partial charge < -0.3 is 24.0 Å². The summed E-state index contributed by atoms with van der Waals surface area (Å²) in [4.78, 5) is 37.2. The molecule has 6 rings (SSSR count). The molecule has 3 heterocycles. The molecule has 5 atom stereocenters. The smallest absolute Gasteiger partial charge is 0.411 e.